The molecule has 0 spiro atoms. The van der Waals surface area contributed by atoms with E-state index in [-0.39, 0.29) is 6.54 Å². The molecule has 0 amide bonds. The van der Waals surface area contributed by atoms with Gasteiger partial charge in [0.25, 0.3) is 0 Å². The summed E-state index contributed by atoms with van der Waals surface area (Å²) in [6.07, 6.45) is 1.23. The molecule has 0 aromatic rings. The summed E-state index contributed by atoms with van der Waals surface area (Å²) < 4.78 is 0. The SMILES string of the molecule is CCCCN(/C(N)=N/[N+](=O)[O-])[N+](=O)[O-]. The summed E-state index contributed by atoms with van der Waals surface area (Å²) in [5.74, 6) is -0.714. The molecule has 2 N–H and O–H groups in total. The Balaban J connectivity index is 4.48. The number of unbranched alkanes of at least 4 members (excludes halogenated alkanes) is 1. The number of hydrogen-bond donors (Lipinski definition) is 1. The zero-order valence-electron chi connectivity index (χ0n) is 7.62. The molecule has 0 fully saturated rings. The number of rotatable bonds is 5. The van der Waals surface area contributed by atoms with Gasteiger partial charge in [-0.25, -0.2) is 20.2 Å². The van der Waals surface area contributed by atoms with Crippen LogP contribution in [-0.4, -0.2) is 27.6 Å². The maximum absolute atomic E-state index is 10.4. The highest BCUT2D eigenvalue weighted by Gasteiger charge is 2.21. The first kappa shape index (κ1) is 12.1. The number of hydrogen-bond acceptors (Lipinski definition) is 4. The van der Waals surface area contributed by atoms with Gasteiger partial charge in [0.15, 0.2) is 10.1 Å². The van der Waals surface area contributed by atoms with Gasteiger partial charge in [0.1, 0.15) is 5.10 Å². The normalized spacial score (nSPS) is 11.1. The van der Waals surface area contributed by atoms with Crippen LogP contribution >= 0.6 is 0 Å². The van der Waals surface area contributed by atoms with E-state index in [4.69, 9.17) is 5.73 Å². The van der Waals surface area contributed by atoms with Gasteiger partial charge in [0.05, 0.1) is 6.54 Å². The first-order valence-electron chi connectivity index (χ1n) is 3.89. The topological polar surface area (TPSA) is 128 Å². The van der Waals surface area contributed by atoms with Crippen molar-refractivity contribution in [1.82, 2.24) is 5.01 Å². The highest BCUT2D eigenvalue weighted by atomic mass is 16.7. The second kappa shape index (κ2) is 5.67. The summed E-state index contributed by atoms with van der Waals surface area (Å²) in [5, 5.41) is 21.5. The smallest absolute Gasteiger partial charge is 0.329 e. The zero-order chi connectivity index (χ0) is 11.1. The number of nitro groups is 2. The van der Waals surface area contributed by atoms with Crippen LogP contribution in [0.15, 0.2) is 5.10 Å². The van der Waals surface area contributed by atoms with Crippen LogP contribution in [0.2, 0.25) is 0 Å². The van der Waals surface area contributed by atoms with E-state index >= 15 is 0 Å². The van der Waals surface area contributed by atoms with Gasteiger partial charge < -0.3 is 5.73 Å². The highest BCUT2D eigenvalue weighted by molar-refractivity contribution is 5.76. The molecule has 0 aliphatic heterocycles. The van der Waals surface area contributed by atoms with Gasteiger partial charge in [-0.3, -0.25) is 0 Å². The van der Waals surface area contributed by atoms with E-state index in [1.54, 1.807) is 0 Å². The van der Waals surface area contributed by atoms with E-state index in [9.17, 15) is 20.2 Å². The van der Waals surface area contributed by atoms with E-state index in [1.165, 1.54) is 0 Å². The largest absolute Gasteiger partial charge is 0.360 e. The van der Waals surface area contributed by atoms with E-state index < -0.39 is 16.0 Å². The van der Waals surface area contributed by atoms with E-state index in [2.05, 4.69) is 5.10 Å². The molecule has 0 bridgehead atoms. The van der Waals surface area contributed by atoms with E-state index in [1.807, 2.05) is 6.92 Å². The van der Waals surface area contributed by atoms with Gasteiger partial charge in [0.2, 0.25) is 0 Å². The molecule has 9 heteroatoms. The molecule has 0 unspecified atom stereocenters. The first-order chi connectivity index (χ1) is 6.49. The van der Waals surface area contributed by atoms with Crippen LogP contribution in [0.25, 0.3) is 0 Å². The van der Waals surface area contributed by atoms with Crippen LogP contribution in [0.3, 0.4) is 0 Å². The molecule has 9 nitrogen and oxygen atoms in total. The maximum Gasteiger partial charge on any atom is 0.329 e. The Morgan fingerprint density at radius 2 is 2.07 bits per heavy atom. The highest BCUT2D eigenvalue weighted by Crippen LogP contribution is 1.95. The number of hydrazine groups is 1. The summed E-state index contributed by atoms with van der Waals surface area (Å²) in [5.41, 5.74) is 5.05. The third kappa shape index (κ3) is 4.18. The minimum atomic E-state index is -1.07. The Labute approximate surface area is 79.4 Å². The molecule has 0 rings (SSSR count). The summed E-state index contributed by atoms with van der Waals surface area (Å²) in [4.78, 5) is 20.3. The molecule has 0 saturated carbocycles. The Kier molecular flexibility index (Phi) is 4.89. The molecule has 0 atom stereocenters. The summed E-state index contributed by atoms with van der Waals surface area (Å²) in [6.45, 7) is 1.84. The predicted molar refractivity (Wildman–Crippen MR) is 47.2 cm³/mol. The Morgan fingerprint density at radius 1 is 1.50 bits per heavy atom. The number of hydrazone groups is 1. The lowest BCUT2D eigenvalue weighted by molar-refractivity contribution is -0.631. The van der Waals surface area contributed by atoms with Crippen molar-refractivity contribution in [3.05, 3.63) is 20.2 Å². The predicted octanol–water partition coefficient (Wildman–Crippen LogP) is -0.213. The van der Waals surface area contributed by atoms with Crippen LogP contribution in [0.1, 0.15) is 19.8 Å². The lowest BCUT2D eigenvalue weighted by atomic mass is 10.3. The molecule has 14 heavy (non-hydrogen) atoms. The Morgan fingerprint density at radius 3 is 2.43 bits per heavy atom. The van der Waals surface area contributed by atoms with Crippen LogP contribution < -0.4 is 5.73 Å². The second-order valence-corrected chi connectivity index (χ2v) is 2.41. The van der Waals surface area contributed by atoms with Crippen LogP contribution in [0, 0.1) is 20.2 Å². The molecular formula is C5H11N5O4. The quantitative estimate of drug-likeness (QED) is 0.286. The van der Waals surface area contributed by atoms with Crippen LogP contribution in [0.5, 0.6) is 0 Å². The van der Waals surface area contributed by atoms with Crippen molar-refractivity contribution < 1.29 is 10.1 Å². The average Bonchev–Trinajstić information content (AvgIpc) is 2.02. The fourth-order valence-corrected chi connectivity index (χ4v) is 0.723. The minimum Gasteiger partial charge on any atom is -0.360 e. The fraction of sp³-hybridized carbons (Fsp3) is 0.800. The number of nitrogens with two attached hydrogens (primary N) is 1. The standard InChI is InChI=1S/C5H11N5O4/c1-2-3-4-8(10(13)14)5(6)7-9(11)12/h2-4H2,1H3,(H2,6,7). The van der Waals surface area contributed by atoms with Gasteiger partial charge in [-0.15, -0.1) is 0 Å². The van der Waals surface area contributed by atoms with Gasteiger partial charge in [-0.1, -0.05) is 18.4 Å². The third-order valence-electron chi connectivity index (χ3n) is 1.37. The average molecular weight is 205 g/mol. The Hall–Kier alpha value is -1.93. The summed E-state index contributed by atoms with van der Waals surface area (Å²) >= 11 is 0. The van der Waals surface area contributed by atoms with Crippen molar-refractivity contribution in [2.24, 2.45) is 10.8 Å². The number of nitrogens with zero attached hydrogens (tertiary/aromatic N) is 4. The molecule has 80 valence electrons. The molecular weight excluding hydrogens is 194 g/mol. The van der Waals surface area contributed by atoms with Gasteiger partial charge in [-0.05, 0) is 6.42 Å². The first-order valence-corrected chi connectivity index (χ1v) is 3.89. The second-order valence-electron chi connectivity index (χ2n) is 2.41. The molecule has 0 aromatic heterocycles. The molecule has 0 aromatic carbocycles. The lowest BCUT2D eigenvalue weighted by Gasteiger charge is -2.09. The zero-order valence-corrected chi connectivity index (χ0v) is 7.62. The van der Waals surface area contributed by atoms with Crippen LogP contribution in [0.4, 0.5) is 0 Å². The summed E-state index contributed by atoms with van der Waals surface area (Å²) in [7, 11) is 0. The number of guanidine groups is 1. The van der Waals surface area contributed by atoms with Crippen molar-refractivity contribution in [1.29, 1.82) is 0 Å². The maximum atomic E-state index is 10.4. The van der Waals surface area contributed by atoms with Gasteiger partial charge in [0, 0.05) is 0 Å². The molecule has 0 radical (unpaired) electrons. The monoisotopic (exact) mass is 205 g/mol. The molecule has 0 aliphatic rings. The van der Waals surface area contributed by atoms with E-state index in [0.717, 1.165) is 6.42 Å². The van der Waals surface area contributed by atoms with Gasteiger partial charge in [-0.2, -0.15) is 0 Å². The van der Waals surface area contributed by atoms with Crippen molar-refractivity contribution in [2.45, 2.75) is 19.8 Å². The van der Waals surface area contributed by atoms with Crippen molar-refractivity contribution in [3.63, 3.8) is 0 Å². The van der Waals surface area contributed by atoms with Crippen molar-refractivity contribution in [3.8, 4) is 0 Å². The van der Waals surface area contributed by atoms with Crippen molar-refractivity contribution in [2.75, 3.05) is 6.54 Å². The van der Waals surface area contributed by atoms with Crippen LogP contribution in [-0.2, 0) is 0 Å². The van der Waals surface area contributed by atoms with Gasteiger partial charge >= 0.3 is 5.96 Å². The molecule has 0 aliphatic carbocycles. The lowest BCUT2D eigenvalue weighted by Crippen LogP contribution is -2.42. The molecule has 0 saturated heterocycles. The minimum absolute atomic E-state index is 0.00662. The Bertz CT molecular complexity index is 253. The van der Waals surface area contributed by atoms with E-state index in [0.29, 0.717) is 11.4 Å². The molecule has 0 heterocycles. The summed E-state index contributed by atoms with van der Waals surface area (Å²) in [6, 6.07) is 0. The van der Waals surface area contributed by atoms with Crippen molar-refractivity contribution >= 4 is 5.96 Å². The fourth-order valence-electron chi connectivity index (χ4n) is 0.723. The third-order valence-corrected chi connectivity index (χ3v) is 1.37.